The molecule has 4 nitrogen and oxygen atoms in total. The Morgan fingerprint density at radius 3 is 2.21 bits per heavy atom. The van der Waals surface area contributed by atoms with E-state index in [0.29, 0.717) is 17.3 Å². The lowest BCUT2D eigenvalue weighted by Gasteiger charge is -2.08. The summed E-state index contributed by atoms with van der Waals surface area (Å²) in [5.41, 5.74) is 2.61. The van der Waals surface area contributed by atoms with E-state index in [1.54, 1.807) is 24.3 Å². The zero-order valence-electron chi connectivity index (χ0n) is 14.9. The van der Waals surface area contributed by atoms with Crippen LogP contribution in [0.4, 0.5) is 19.0 Å². The maximum absolute atomic E-state index is 12.7. The van der Waals surface area contributed by atoms with Crippen molar-refractivity contribution in [2.75, 3.05) is 5.32 Å². The first kappa shape index (κ1) is 18.3. The van der Waals surface area contributed by atoms with Gasteiger partial charge in [-0.05, 0) is 41.7 Å². The summed E-state index contributed by atoms with van der Waals surface area (Å²) in [5, 5.41) is 9.82. The molecule has 0 atom stereocenters. The van der Waals surface area contributed by atoms with Gasteiger partial charge >= 0.3 is 6.18 Å². The molecule has 1 fully saturated rings. The molecule has 0 aliphatic heterocycles. The Hall–Kier alpha value is -3.09. The normalized spacial score (nSPS) is 14.1. The van der Waals surface area contributed by atoms with Crippen molar-refractivity contribution in [2.45, 2.75) is 31.4 Å². The highest BCUT2D eigenvalue weighted by Gasteiger charge is 2.30. The number of aromatic amines is 1. The molecule has 0 spiro atoms. The lowest BCUT2D eigenvalue weighted by Crippen LogP contribution is -2.14. The second-order valence-corrected chi connectivity index (χ2v) is 6.98. The number of carbonyl (C=O) groups excluding carboxylic acids is 1. The van der Waals surface area contributed by atoms with Crippen LogP contribution in [0.25, 0.3) is 11.1 Å². The van der Waals surface area contributed by atoms with Crippen LogP contribution in [0, 0.1) is 0 Å². The van der Waals surface area contributed by atoms with Crippen LogP contribution in [0.2, 0.25) is 0 Å². The monoisotopic (exact) mass is 385 g/mol. The summed E-state index contributed by atoms with van der Waals surface area (Å²) in [6, 6.07) is 14.1. The molecular weight excluding hydrogens is 367 g/mol. The van der Waals surface area contributed by atoms with Gasteiger partial charge in [0, 0.05) is 12.0 Å². The Labute approximate surface area is 159 Å². The number of hydrogen-bond acceptors (Lipinski definition) is 2. The van der Waals surface area contributed by atoms with Crippen LogP contribution >= 0.6 is 0 Å². The SMILES string of the molecule is O=C(Cc1ccc(-c2ccc(C(F)(F)F)cc2)cc1)Nc1cc(C2CC2)n[nH]1. The number of benzene rings is 2. The zero-order valence-corrected chi connectivity index (χ0v) is 14.9. The van der Waals surface area contributed by atoms with E-state index < -0.39 is 11.7 Å². The van der Waals surface area contributed by atoms with Gasteiger partial charge in [0.25, 0.3) is 0 Å². The minimum absolute atomic E-state index is 0.159. The number of aromatic nitrogens is 2. The molecule has 1 aliphatic rings. The van der Waals surface area contributed by atoms with Gasteiger partial charge in [-0.25, -0.2) is 0 Å². The van der Waals surface area contributed by atoms with Gasteiger partial charge in [-0.3, -0.25) is 9.89 Å². The lowest BCUT2D eigenvalue weighted by molar-refractivity contribution is -0.137. The maximum Gasteiger partial charge on any atom is 0.416 e. The maximum atomic E-state index is 12.7. The molecule has 1 aromatic heterocycles. The highest BCUT2D eigenvalue weighted by Crippen LogP contribution is 2.39. The van der Waals surface area contributed by atoms with E-state index in [4.69, 9.17) is 0 Å². The molecule has 144 valence electrons. The standard InChI is InChI=1S/C21H18F3N3O/c22-21(23,24)17-9-7-15(8-10-17)14-3-1-13(2-4-14)11-20(28)25-19-12-18(26-27-19)16-5-6-16/h1-4,7-10,12,16H,5-6,11H2,(H2,25,26,27,28). The molecule has 2 N–H and O–H groups in total. The Morgan fingerprint density at radius 2 is 1.64 bits per heavy atom. The Balaban J connectivity index is 1.37. The smallest absolute Gasteiger partial charge is 0.311 e. The first-order valence-corrected chi connectivity index (χ1v) is 9.00. The van der Waals surface area contributed by atoms with E-state index >= 15 is 0 Å². The molecule has 0 bridgehead atoms. The second kappa shape index (κ2) is 7.14. The van der Waals surface area contributed by atoms with Gasteiger partial charge in [0.15, 0.2) is 0 Å². The van der Waals surface area contributed by atoms with Gasteiger partial charge in [0.2, 0.25) is 5.91 Å². The summed E-state index contributed by atoms with van der Waals surface area (Å²) in [6.07, 6.45) is -1.86. The van der Waals surface area contributed by atoms with Gasteiger partial charge in [-0.2, -0.15) is 18.3 Å². The van der Waals surface area contributed by atoms with Gasteiger partial charge in [0.05, 0.1) is 17.7 Å². The number of nitrogens with zero attached hydrogens (tertiary/aromatic N) is 1. The predicted molar refractivity (Wildman–Crippen MR) is 99.8 cm³/mol. The molecular formula is C21H18F3N3O. The van der Waals surface area contributed by atoms with Crippen molar-refractivity contribution < 1.29 is 18.0 Å². The molecule has 28 heavy (non-hydrogen) atoms. The zero-order chi connectivity index (χ0) is 19.7. The predicted octanol–water partition coefficient (Wildman–Crippen LogP) is 5.15. The van der Waals surface area contributed by atoms with Gasteiger partial charge in [0.1, 0.15) is 5.82 Å². The fraction of sp³-hybridized carbons (Fsp3) is 0.238. The van der Waals surface area contributed by atoms with Crippen molar-refractivity contribution >= 4 is 11.7 Å². The van der Waals surface area contributed by atoms with E-state index in [1.165, 1.54) is 12.1 Å². The highest BCUT2D eigenvalue weighted by molar-refractivity contribution is 5.91. The lowest BCUT2D eigenvalue weighted by atomic mass is 10.0. The van der Waals surface area contributed by atoms with Crippen LogP contribution in [0.15, 0.2) is 54.6 Å². The Bertz CT molecular complexity index is 971. The highest BCUT2D eigenvalue weighted by atomic mass is 19.4. The van der Waals surface area contributed by atoms with E-state index in [-0.39, 0.29) is 12.3 Å². The summed E-state index contributed by atoms with van der Waals surface area (Å²) in [4.78, 5) is 12.2. The minimum atomic E-state index is -4.34. The van der Waals surface area contributed by atoms with Crippen LogP contribution in [0.1, 0.15) is 35.6 Å². The summed E-state index contributed by atoms with van der Waals surface area (Å²) >= 11 is 0. The number of amides is 1. The molecule has 0 saturated heterocycles. The van der Waals surface area contributed by atoms with E-state index in [9.17, 15) is 18.0 Å². The summed E-state index contributed by atoms with van der Waals surface area (Å²) in [6.45, 7) is 0. The molecule has 3 aromatic rings. The van der Waals surface area contributed by atoms with E-state index in [2.05, 4.69) is 15.5 Å². The first-order chi connectivity index (χ1) is 13.4. The van der Waals surface area contributed by atoms with Crippen LogP contribution in [0.3, 0.4) is 0 Å². The molecule has 1 aliphatic carbocycles. The number of rotatable bonds is 5. The van der Waals surface area contributed by atoms with Crippen molar-refractivity contribution in [3.05, 3.63) is 71.4 Å². The number of hydrogen-bond donors (Lipinski definition) is 2. The number of alkyl halides is 3. The minimum Gasteiger partial charge on any atom is -0.311 e. The molecule has 0 radical (unpaired) electrons. The van der Waals surface area contributed by atoms with Gasteiger partial charge in [-0.1, -0.05) is 36.4 Å². The third-order valence-electron chi connectivity index (χ3n) is 4.73. The van der Waals surface area contributed by atoms with Crippen LogP contribution in [0.5, 0.6) is 0 Å². The summed E-state index contributed by atoms with van der Waals surface area (Å²) in [7, 11) is 0. The summed E-state index contributed by atoms with van der Waals surface area (Å²) in [5.74, 6) is 0.946. The first-order valence-electron chi connectivity index (χ1n) is 9.00. The average Bonchev–Trinajstić information content (AvgIpc) is 3.41. The van der Waals surface area contributed by atoms with Crippen LogP contribution < -0.4 is 5.32 Å². The molecule has 2 aromatic carbocycles. The fourth-order valence-electron chi connectivity index (χ4n) is 3.04. The number of nitrogens with one attached hydrogen (secondary N) is 2. The molecule has 4 rings (SSSR count). The van der Waals surface area contributed by atoms with Crippen molar-refractivity contribution in [1.29, 1.82) is 0 Å². The molecule has 1 heterocycles. The Morgan fingerprint density at radius 1 is 1.04 bits per heavy atom. The number of H-pyrrole nitrogens is 1. The third kappa shape index (κ3) is 4.24. The van der Waals surface area contributed by atoms with Gasteiger partial charge < -0.3 is 5.32 Å². The van der Waals surface area contributed by atoms with Crippen molar-refractivity contribution in [1.82, 2.24) is 10.2 Å². The Kier molecular flexibility index (Phi) is 4.66. The van der Waals surface area contributed by atoms with Crippen molar-refractivity contribution in [2.24, 2.45) is 0 Å². The van der Waals surface area contributed by atoms with Crippen LogP contribution in [-0.4, -0.2) is 16.1 Å². The topological polar surface area (TPSA) is 57.8 Å². The number of halogens is 3. The van der Waals surface area contributed by atoms with Crippen molar-refractivity contribution in [3.63, 3.8) is 0 Å². The average molecular weight is 385 g/mol. The van der Waals surface area contributed by atoms with Crippen molar-refractivity contribution in [3.8, 4) is 11.1 Å². The third-order valence-corrected chi connectivity index (χ3v) is 4.73. The number of anilines is 1. The molecule has 7 heteroatoms. The molecule has 1 amide bonds. The van der Waals surface area contributed by atoms with Crippen LogP contribution in [-0.2, 0) is 17.4 Å². The van der Waals surface area contributed by atoms with E-state index in [1.807, 2.05) is 6.07 Å². The molecule has 0 unspecified atom stereocenters. The van der Waals surface area contributed by atoms with Gasteiger partial charge in [-0.15, -0.1) is 0 Å². The summed E-state index contributed by atoms with van der Waals surface area (Å²) < 4.78 is 38.0. The van der Waals surface area contributed by atoms with E-state index in [0.717, 1.165) is 41.8 Å². The number of carbonyl (C=O) groups is 1. The second-order valence-electron chi connectivity index (χ2n) is 6.98. The molecule has 1 saturated carbocycles. The largest absolute Gasteiger partial charge is 0.416 e. The fourth-order valence-corrected chi connectivity index (χ4v) is 3.04. The quantitative estimate of drug-likeness (QED) is 0.638.